The first kappa shape index (κ1) is 11.3. The molecule has 0 saturated heterocycles. The molecule has 0 bridgehead atoms. The smallest absolute Gasteiger partial charge is 0.236 e. The first-order chi connectivity index (χ1) is 5.37. The molecular weight excluding hydrogens is 232 g/mol. The molecule has 0 aromatic carbocycles. The molecule has 0 rings (SSSR count). The number of rotatable bonds is 4. The van der Waals surface area contributed by atoms with E-state index in [1.54, 1.807) is 0 Å². The zero-order chi connectivity index (χ0) is 9.89. The summed E-state index contributed by atoms with van der Waals surface area (Å²) in [6.45, 7) is 0. The lowest BCUT2D eigenvalue weighted by Crippen LogP contribution is -2.55. The maximum Gasteiger partial charge on any atom is 0.385 e. The van der Waals surface area contributed by atoms with Gasteiger partial charge in [-0.05, 0) is 0 Å². The van der Waals surface area contributed by atoms with Crippen LogP contribution < -0.4 is 0 Å². The van der Waals surface area contributed by atoms with Crippen LogP contribution in [0.15, 0.2) is 0 Å². The van der Waals surface area contributed by atoms with E-state index in [4.69, 9.17) is 0 Å². The fourth-order valence-corrected chi connectivity index (χ4v) is 2.09. The lowest BCUT2D eigenvalue weighted by Gasteiger charge is -2.18. The summed E-state index contributed by atoms with van der Waals surface area (Å²) < 4.78 is 0.856. The molecule has 0 amide bonds. The van der Waals surface area contributed by atoms with E-state index in [2.05, 4.69) is 30.6 Å². The fourth-order valence-electron chi connectivity index (χ4n) is 0.244. The Morgan fingerprint density at radius 1 is 1.08 bits per heavy atom. The van der Waals surface area contributed by atoms with Gasteiger partial charge in [0.2, 0.25) is 0 Å². The summed E-state index contributed by atoms with van der Waals surface area (Å²) in [4.78, 5) is 20.1. The van der Waals surface area contributed by atoms with E-state index in [1.807, 2.05) is 0 Å². The van der Waals surface area contributed by atoms with Crippen molar-refractivity contribution >= 4 is 39.2 Å². The summed E-state index contributed by atoms with van der Waals surface area (Å²) in [5.41, 5.74) is 0. The Kier molecular flexibility index (Phi) is 4.07. The monoisotopic (exact) mass is 232 g/mol. The molecule has 0 spiro atoms. The predicted octanol–water partition coefficient (Wildman–Crippen LogP) is -2.71. The van der Waals surface area contributed by atoms with Crippen molar-refractivity contribution in [2.24, 2.45) is 0 Å². The highest BCUT2D eigenvalue weighted by atomic mass is 29.2. The van der Waals surface area contributed by atoms with Gasteiger partial charge in [0.15, 0.2) is 0 Å². The van der Waals surface area contributed by atoms with Gasteiger partial charge in [-0.25, -0.2) is 20.2 Å². The summed E-state index contributed by atoms with van der Waals surface area (Å²) in [6.07, 6.45) is 0. The number of nitro groups is 2. The normalized spacial score (nSPS) is 9.67. The van der Waals surface area contributed by atoms with Gasteiger partial charge in [-0.1, -0.05) is 0 Å². The number of hydrogen-bond acceptors (Lipinski definition) is 4. The van der Waals surface area contributed by atoms with Crippen LogP contribution in [-0.2, 0) is 0 Å². The summed E-state index contributed by atoms with van der Waals surface area (Å²) in [5.74, 6) is 0. The average Bonchev–Trinajstić information content (AvgIpc) is 2.00. The molecular formula is N4O4Si4. The Labute approximate surface area is 78.7 Å². The maximum absolute atomic E-state index is 10.1. The molecule has 0 N–H and O–H groups in total. The number of nitrogens with zero attached hydrogens (tertiary/aromatic N) is 4. The van der Waals surface area contributed by atoms with Gasteiger partial charge in [-0.2, -0.15) is 8.68 Å². The van der Waals surface area contributed by atoms with E-state index in [0.29, 0.717) is 8.68 Å². The average molecular weight is 232 g/mol. The summed E-state index contributed by atoms with van der Waals surface area (Å²) in [7, 11) is 5.76. The van der Waals surface area contributed by atoms with Gasteiger partial charge in [-0.15, -0.1) is 0 Å². The zero-order valence-electron chi connectivity index (χ0n) is 5.42. The number of hydrogen-bond donors (Lipinski definition) is 0. The third-order valence-corrected chi connectivity index (χ3v) is 6.07. The van der Waals surface area contributed by atoms with Crippen LogP contribution in [0.3, 0.4) is 0 Å². The van der Waals surface area contributed by atoms with Crippen LogP contribution in [0, 0.1) is 20.2 Å². The van der Waals surface area contributed by atoms with Crippen molar-refractivity contribution in [3.63, 3.8) is 0 Å². The highest BCUT2D eigenvalue weighted by Crippen LogP contribution is 1.91. The Bertz CT molecular complexity index is 175. The molecule has 0 aromatic heterocycles. The first-order valence-electron chi connectivity index (χ1n) is 2.27. The van der Waals surface area contributed by atoms with Crippen LogP contribution in [0.2, 0.25) is 0 Å². The van der Waals surface area contributed by atoms with Gasteiger partial charge in [0.25, 0.3) is 20.8 Å². The van der Waals surface area contributed by atoms with Crippen LogP contribution in [0.4, 0.5) is 0 Å². The van der Waals surface area contributed by atoms with Crippen molar-refractivity contribution in [1.29, 1.82) is 0 Å². The Balaban J connectivity index is 4.28. The van der Waals surface area contributed by atoms with Crippen LogP contribution in [0.1, 0.15) is 0 Å². The fraction of sp³-hybridized carbons (Fsp3) is 0. The van der Waals surface area contributed by atoms with Gasteiger partial charge >= 0.3 is 8.64 Å². The van der Waals surface area contributed by atoms with Crippen molar-refractivity contribution in [3.8, 4) is 0 Å². The third kappa shape index (κ3) is 2.72. The third-order valence-electron chi connectivity index (χ3n) is 0.728. The molecule has 0 saturated carbocycles. The van der Waals surface area contributed by atoms with Gasteiger partial charge in [0.1, 0.15) is 10.1 Å². The first-order valence-corrected chi connectivity index (χ1v) is 6.06. The summed E-state index contributed by atoms with van der Waals surface area (Å²) in [5, 5.41) is 18.5. The SMILES string of the molecule is O=[N+]([O-])N([Si])[Si]([Si])N([Si])[N+](=O)[O-]. The van der Waals surface area contributed by atoms with E-state index in [-0.39, 0.29) is 0 Å². The molecule has 10 radical (unpaired) electrons. The van der Waals surface area contributed by atoms with Crippen LogP contribution >= 0.6 is 0 Å². The predicted molar refractivity (Wildman–Crippen MR) is 40.7 cm³/mol. The maximum atomic E-state index is 10.1. The quantitative estimate of drug-likeness (QED) is 0.297. The lowest BCUT2D eigenvalue weighted by molar-refractivity contribution is -0.620. The van der Waals surface area contributed by atoms with Crippen molar-refractivity contribution in [2.75, 3.05) is 0 Å². The standard InChI is InChI=1S/N4O4Si4/c5-1(6)3(9)12(11)4(10)2(7)8. The zero-order valence-corrected chi connectivity index (χ0v) is 9.42. The summed E-state index contributed by atoms with van der Waals surface area (Å²) in [6, 6.07) is 0. The van der Waals surface area contributed by atoms with E-state index >= 15 is 0 Å². The second-order valence-corrected chi connectivity index (χ2v) is 6.00. The second kappa shape index (κ2) is 4.33. The second-order valence-electron chi connectivity index (χ2n) is 1.42. The minimum Gasteiger partial charge on any atom is -0.236 e. The molecule has 0 aliphatic carbocycles. The van der Waals surface area contributed by atoms with Crippen molar-refractivity contribution in [3.05, 3.63) is 20.2 Å². The minimum atomic E-state index is -2.24. The van der Waals surface area contributed by atoms with Crippen molar-refractivity contribution in [1.82, 2.24) is 8.68 Å². The van der Waals surface area contributed by atoms with E-state index < -0.39 is 18.7 Å². The molecule has 0 aliphatic heterocycles. The topological polar surface area (TPSA) is 92.8 Å². The summed E-state index contributed by atoms with van der Waals surface area (Å²) >= 11 is 0. The molecule has 0 unspecified atom stereocenters. The van der Waals surface area contributed by atoms with Crippen LogP contribution in [-0.4, -0.2) is 58.0 Å². The molecule has 0 aromatic rings. The highest BCUT2D eigenvalue weighted by Gasteiger charge is 2.31. The van der Waals surface area contributed by atoms with Crippen molar-refractivity contribution < 1.29 is 10.1 Å². The Hall–Kier alpha value is -0.732. The van der Waals surface area contributed by atoms with E-state index in [9.17, 15) is 20.2 Å². The molecule has 8 nitrogen and oxygen atoms in total. The van der Waals surface area contributed by atoms with Gasteiger partial charge in [-0.3, -0.25) is 0 Å². The lowest BCUT2D eigenvalue weighted by atomic mass is 12.7. The van der Waals surface area contributed by atoms with Gasteiger partial charge in [0.05, 0.1) is 9.76 Å². The molecule has 60 valence electrons. The van der Waals surface area contributed by atoms with Crippen LogP contribution in [0.5, 0.6) is 0 Å². The van der Waals surface area contributed by atoms with Crippen molar-refractivity contribution in [2.45, 2.75) is 0 Å². The van der Waals surface area contributed by atoms with E-state index in [1.165, 1.54) is 0 Å². The molecule has 0 fully saturated rings. The highest BCUT2D eigenvalue weighted by molar-refractivity contribution is 7.02. The number of hydrazine groups is 2. The molecule has 0 atom stereocenters. The molecule has 0 heterocycles. The Morgan fingerprint density at radius 3 is 1.50 bits per heavy atom. The molecule has 0 aliphatic rings. The van der Waals surface area contributed by atoms with Gasteiger partial charge < -0.3 is 0 Å². The van der Waals surface area contributed by atoms with E-state index in [0.717, 1.165) is 0 Å². The largest absolute Gasteiger partial charge is 0.385 e. The van der Waals surface area contributed by atoms with Crippen LogP contribution in [0.25, 0.3) is 0 Å². The Morgan fingerprint density at radius 2 is 1.33 bits per heavy atom. The molecule has 12 heteroatoms. The van der Waals surface area contributed by atoms with Gasteiger partial charge in [0, 0.05) is 0 Å². The minimum absolute atomic E-state index is 0.428. The molecule has 12 heavy (non-hydrogen) atoms.